The summed E-state index contributed by atoms with van der Waals surface area (Å²) < 4.78 is 15.1. The molecule has 6 heteroatoms. The Bertz CT molecular complexity index is 3490. The van der Waals surface area contributed by atoms with Gasteiger partial charge in [0.2, 0.25) is 5.95 Å². The second kappa shape index (κ2) is 12.3. The number of rotatable bonds is 5. The Hall–Kier alpha value is -7.83. The van der Waals surface area contributed by atoms with Crippen LogP contribution < -0.4 is 0 Å². The average Bonchev–Trinajstić information content (AvgIpc) is 3.96. The van der Waals surface area contributed by atoms with Crippen LogP contribution in [0.2, 0.25) is 0 Å². The monoisotopic (exact) mass is 730 g/mol. The summed E-state index contributed by atoms with van der Waals surface area (Å²) in [5.74, 6) is 1.77. The van der Waals surface area contributed by atoms with Crippen molar-refractivity contribution in [3.8, 4) is 51.0 Å². The number of hydrogen-bond donors (Lipinski definition) is 0. The van der Waals surface area contributed by atoms with E-state index in [1.165, 1.54) is 0 Å². The zero-order chi connectivity index (χ0) is 37.5. The van der Waals surface area contributed by atoms with Crippen LogP contribution >= 0.6 is 0 Å². The maximum absolute atomic E-state index is 6.59. The molecule has 4 aromatic heterocycles. The molecule has 0 N–H and O–H groups in total. The van der Waals surface area contributed by atoms with Gasteiger partial charge < -0.3 is 8.83 Å². The standard InChI is InChI=1S/C51H30N4O2/c1-2-13-31(14-3-1)49-52-50(54-51(53-49)55-42-23-7-4-17-37(42)38-18-5-8-24-43(38)55)34-16-10-15-32(29-34)35-20-12-26-45-47(35)41-28-27-33(30-46(41)56-45)36-21-11-22-40-39-19-6-9-25-44(39)57-48(36)40/h1-30H. The van der Waals surface area contributed by atoms with Gasteiger partial charge in [0.15, 0.2) is 11.6 Å². The Labute approximate surface area is 325 Å². The second-order valence-corrected chi connectivity index (χ2v) is 14.4. The number of hydrogen-bond acceptors (Lipinski definition) is 5. The lowest BCUT2D eigenvalue weighted by atomic mass is 9.96. The van der Waals surface area contributed by atoms with Crippen LogP contribution in [0.15, 0.2) is 191 Å². The molecule has 0 spiro atoms. The van der Waals surface area contributed by atoms with Gasteiger partial charge in [0.25, 0.3) is 0 Å². The normalized spacial score (nSPS) is 11.9. The molecule has 0 unspecified atom stereocenters. The van der Waals surface area contributed by atoms with Crippen molar-refractivity contribution in [1.82, 2.24) is 19.5 Å². The van der Waals surface area contributed by atoms with E-state index in [2.05, 4.69) is 132 Å². The molecule has 0 fully saturated rings. The van der Waals surface area contributed by atoms with Gasteiger partial charge in [-0.25, -0.2) is 4.98 Å². The highest BCUT2D eigenvalue weighted by Crippen LogP contribution is 2.41. The lowest BCUT2D eigenvalue weighted by molar-refractivity contribution is 0.668. The Morgan fingerprint density at radius 1 is 0.351 bits per heavy atom. The highest BCUT2D eigenvalue weighted by atomic mass is 16.3. The number of nitrogens with zero attached hydrogens (tertiary/aromatic N) is 4. The SMILES string of the molecule is c1ccc(-c2nc(-c3cccc(-c4cccc5oc6cc(-c7cccc8c7oc7ccccc78)ccc6c45)c3)nc(-n3c4ccccc4c4ccccc43)n2)cc1. The van der Waals surface area contributed by atoms with Crippen molar-refractivity contribution in [2.45, 2.75) is 0 Å². The number of benzene rings is 8. The van der Waals surface area contributed by atoms with Crippen LogP contribution in [0, 0.1) is 0 Å². The summed E-state index contributed by atoms with van der Waals surface area (Å²) in [6.45, 7) is 0. The number of fused-ring (bicyclic) bond motifs is 9. The van der Waals surface area contributed by atoms with E-state index in [-0.39, 0.29) is 0 Å². The third kappa shape index (κ3) is 4.94. The van der Waals surface area contributed by atoms with E-state index in [4.69, 9.17) is 23.8 Å². The maximum atomic E-state index is 6.59. The van der Waals surface area contributed by atoms with E-state index in [1.54, 1.807) is 0 Å². The molecule has 0 bridgehead atoms. The van der Waals surface area contributed by atoms with Gasteiger partial charge in [-0.05, 0) is 59.2 Å². The van der Waals surface area contributed by atoms with E-state index in [0.717, 1.165) is 99.1 Å². The first-order chi connectivity index (χ1) is 28.2. The number of furan rings is 2. The van der Waals surface area contributed by atoms with E-state index in [1.807, 2.05) is 54.6 Å². The zero-order valence-corrected chi connectivity index (χ0v) is 30.4. The van der Waals surface area contributed by atoms with Crippen molar-refractivity contribution in [1.29, 1.82) is 0 Å². The minimum atomic E-state index is 0.568. The van der Waals surface area contributed by atoms with Gasteiger partial charge in [-0.2, -0.15) is 9.97 Å². The van der Waals surface area contributed by atoms with Gasteiger partial charge in [0.1, 0.15) is 22.3 Å². The van der Waals surface area contributed by atoms with Crippen molar-refractivity contribution < 1.29 is 8.83 Å². The molecule has 12 rings (SSSR count). The molecular weight excluding hydrogens is 701 g/mol. The van der Waals surface area contributed by atoms with Crippen LogP contribution in [0.1, 0.15) is 0 Å². The van der Waals surface area contributed by atoms with Crippen LogP contribution in [0.4, 0.5) is 0 Å². The molecule has 8 aromatic carbocycles. The van der Waals surface area contributed by atoms with Crippen LogP contribution in [0.3, 0.4) is 0 Å². The smallest absolute Gasteiger partial charge is 0.238 e. The lowest BCUT2D eigenvalue weighted by Gasteiger charge is -2.12. The summed E-state index contributed by atoms with van der Waals surface area (Å²) in [5.41, 5.74) is 11.5. The zero-order valence-electron chi connectivity index (χ0n) is 30.4. The van der Waals surface area contributed by atoms with Crippen LogP contribution in [-0.4, -0.2) is 19.5 Å². The molecule has 6 nitrogen and oxygen atoms in total. The Kier molecular flexibility index (Phi) is 6.83. The molecule has 57 heavy (non-hydrogen) atoms. The van der Waals surface area contributed by atoms with Gasteiger partial charge >= 0.3 is 0 Å². The predicted octanol–water partition coefficient (Wildman–Crippen LogP) is 13.4. The van der Waals surface area contributed by atoms with Crippen molar-refractivity contribution in [2.24, 2.45) is 0 Å². The van der Waals surface area contributed by atoms with Crippen LogP contribution in [0.5, 0.6) is 0 Å². The minimum absolute atomic E-state index is 0.568. The van der Waals surface area contributed by atoms with Crippen molar-refractivity contribution in [2.75, 3.05) is 0 Å². The highest BCUT2D eigenvalue weighted by molar-refractivity contribution is 6.14. The van der Waals surface area contributed by atoms with Crippen LogP contribution in [-0.2, 0) is 0 Å². The fraction of sp³-hybridized carbons (Fsp3) is 0. The molecule has 0 saturated carbocycles. The first kappa shape index (κ1) is 31.5. The second-order valence-electron chi connectivity index (χ2n) is 14.4. The van der Waals surface area contributed by atoms with Gasteiger partial charge in [0.05, 0.1) is 11.0 Å². The summed E-state index contributed by atoms with van der Waals surface area (Å²) in [6.07, 6.45) is 0. The molecular formula is C51H30N4O2. The minimum Gasteiger partial charge on any atom is -0.456 e. The molecule has 0 radical (unpaired) electrons. The molecule has 0 aliphatic carbocycles. The lowest BCUT2D eigenvalue weighted by Crippen LogP contribution is -2.06. The van der Waals surface area contributed by atoms with Crippen LogP contribution in [0.25, 0.3) is 117 Å². The molecule has 0 aliphatic rings. The Balaban J connectivity index is 1.01. The first-order valence-electron chi connectivity index (χ1n) is 19.0. The largest absolute Gasteiger partial charge is 0.456 e. The molecule has 0 atom stereocenters. The average molecular weight is 731 g/mol. The highest BCUT2D eigenvalue weighted by Gasteiger charge is 2.20. The summed E-state index contributed by atoms with van der Waals surface area (Å²) in [6, 6.07) is 62.6. The predicted molar refractivity (Wildman–Crippen MR) is 230 cm³/mol. The molecule has 0 saturated heterocycles. The number of para-hydroxylation sites is 4. The molecule has 266 valence electrons. The molecule has 0 aliphatic heterocycles. The fourth-order valence-corrected chi connectivity index (χ4v) is 8.48. The topological polar surface area (TPSA) is 69.9 Å². The van der Waals surface area contributed by atoms with Gasteiger partial charge in [0, 0.05) is 49.0 Å². The number of aromatic nitrogens is 4. The maximum Gasteiger partial charge on any atom is 0.238 e. The van der Waals surface area contributed by atoms with E-state index in [9.17, 15) is 0 Å². The molecule has 12 aromatic rings. The van der Waals surface area contributed by atoms with Crippen molar-refractivity contribution in [3.63, 3.8) is 0 Å². The van der Waals surface area contributed by atoms with Gasteiger partial charge in [-0.3, -0.25) is 4.57 Å². The summed E-state index contributed by atoms with van der Waals surface area (Å²) in [5, 5.41) is 6.63. The van der Waals surface area contributed by atoms with Gasteiger partial charge in [-0.15, -0.1) is 0 Å². The quantitative estimate of drug-likeness (QED) is 0.176. The summed E-state index contributed by atoms with van der Waals surface area (Å²) >= 11 is 0. The summed E-state index contributed by atoms with van der Waals surface area (Å²) in [7, 11) is 0. The van der Waals surface area contributed by atoms with E-state index < -0.39 is 0 Å². The van der Waals surface area contributed by atoms with E-state index >= 15 is 0 Å². The fourth-order valence-electron chi connectivity index (χ4n) is 8.48. The third-order valence-electron chi connectivity index (χ3n) is 11.1. The first-order valence-corrected chi connectivity index (χ1v) is 19.0. The summed E-state index contributed by atoms with van der Waals surface area (Å²) in [4.78, 5) is 15.4. The molecule has 0 amide bonds. The molecule has 4 heterocycles. The Morgan fingerprint density at radius 2 is 0.947 bits per heavy atom. The Morgan fingerprint density at radius 3 is 1.77 bits per heavy atom. The van der Waals surface area contributed by atoms with Crippen molar-refractivity contribution in [3.05, 3.63) is 182 Å². The van der Waals surface area contributed by atoms with Crippen molar-refractivity contribution >= 4 is 65.7 Å². The third-order valence-corrected chi connectivity index (χ3v) is 11.1. The van der Waals surface area contributed by atoms with E-state index in [0.29, 0.717) is 17.6 Å². The van der Waals surface area contributed by atoms with Gasteiger partial charge in [-0.1, -0.05) is 140 Å².